The van der Waals surface area contributed by atoms with E-state index in [1.807, 2.05) is 0 Å². The van der Waals surface area contributed by atoms with Gasteiger partial charge in [-0.3, -0.25) is 9.20 Å². The van der Waals surface area contributed by atoms with Crippen molar-refractivity contribution in [2.24, 2.45) is 0 Å². The van der Waals surface area contributed by atoms with Crippen LogP contribution in [-0.4, -0.2) is 30.0 Å². The molecule has 0 spiro atoms. The molecule has 0 fully saturated rings. The van der Waals surface area contributed by atoms with Crippen LogP contribution in [0.5, 0.6) is 0 Å². The van der Waals surface area contributed by atoms with Gasteiger partial charge in [-0.15, -0.1) is 10.2 Å². The highest BCUT2D eigenvalue weighted by atomic mass is 16.1. The lowest BCUT2D eigenvalue weighted by molar-refractivity contribution is 0.881. The highest BCUT2D eigenvalue weighted by Gasteiger charge is 2.11. The first-order valence-electron chi connectivity index (χ1n) is 6.67. The smallest absolute Gasteiger partial charge is 0.268 e. The maximum Gasteiger partial charge on any atom is 0.269 e. The fraction of sp³-hybridized carbons (Fsp3) is 0.100. The van der Waals surface area contributed by atoms with Gasteiger partial charge < -0.3 is 0 Å². The first-order chi connectivity index (χ1) is 9.93. The first-order valence-corrected chi connectivity index (χ1v) is 4.67. The lowest BCUT2D eigenvalue weighted by Gasteiger charge is -2.03. The van der Waals surface area contributed by atoms with Crippen molar-refractivity contribution < 1.29 is 5.48 Å². The van der Waals surface area contributed by atoms with Gasteiger partial charge in [0.2, 0.25) is 5.82 Å². The van der Waals surface area contributed by atoms with E-state index in [4.69, 9.17) is 5.48 Å². The monoisotopic (exact) mass is 232 g/mol. The van der Waals surface area contributed by atoms with Crippen LogP contribution in [0.3, 0.4) is 0 Å². The van der Waals surface area contributed by atoms with Gasteiger partial charge in [-0.2, -0.15) is 5.21 Å². The Morgan fingerprint density at radius 2 is 2.41 bits per heavy atom. The number of nitrogens with zero attached hydrogens (tertiary/aromatic N) is 5. The van der Waals surface area contributed by atoms with E-state index in [-0.39, 0.29) is 40.9 Å². The summed E-state index contributed by atoms with van der Waals surface area (Å²) in [6, 6.07) is -0.584. The maximum atomic E-state index is 12.5. The minimum absolute atomic E-state index is 0.00300. The number of fused-ring (bicyclic) bond motifs is 1. The highest BCUT2D eigenvalue weighted by molar-refractivity contribution is 5.55. The van der Waals surface area contributed by atoms with Gasteiger partial charge in [0.15, 0.2) is 0 Å². The van der Waals surface area contributed by atoms with Gasteiger partial charge in [0.1, 0.15) is 11.2 Å². The molecule has 0 unspecified atom stereocenters. The van der Waals surface area contributed by atoms with Crippen LogP contribution in [0.15, 0.2) is 29.2 Å². The second-order valence-corrected chi connectivity index (χ2v) is 3.28. The van der Waals surface area contributed by atoms with E-state index in [2.05, 4.69) is 25.6 Å². The molecular weight excluding hydrogens is 220 g/mol. The first kappa shape index (κ1) is 6.24. The summed E-state index contributed by atoms with van der Waals surface area (Å²) in [5.41, 5.74) is -0.705. The zero-order valence-electron chi connectivity index (χ0n) is 12.6. The average Bonchev–Trinajstić information content (AvgIpc) is 2.96. The van der Waals surface area contributed by atoms with Crippen molar-refractivity contribution in [1.82, 2.24) is 30.0 Å². The standard InChI is InChI=1S/C10H8N6O/c1-6-3-2-4-16-9(6)11-5-7(10(16)17)8-12-14-15-13-8/h2-5H,1H3,(H,12,13,14,15)/i2D,3D,4D,5D. The predicted molar refractivity (Wildman–Crippen MR) is 59.4 cm³/mol. The fourth-order valence-corrected chi connectivity index (χ4v) is 1.42. The van der Waals surface area contributed by atoms with Gasteiger partial charge in [0, 0.05) is 12.3 Å². The second kappa shape index (κ2) is 3.48. The van der Waals surface area contributed by atoms with Gasteiger partial charge in [0.25, 0.3) is 5.56 Å². The van der Waals surface area contributed by atoms with E-state index in [0.717, 1.165) is 4.40 Å². The summed E-state index contributed by atoms with van der Waals surface area (Å²) < 4.78 is 32.0. The van der Waals surface area contributed by atoms with Crippen molar-refractivity contribution in [1.29, 1.82) is 0 Å². The van der Waals surface area contributed by atoms with Crippen LogP contribution in [0.1, 0.15) is 11.0 Å². The van der Waals surface area contributed by atoms with Crippen LogP contribution < -0.4 is 5.56 Å². The molecule has 0 aliphatic carbocycles. The third-order valence-corrected chi connectivity index (χ3v) is 2.22. The van der Waals surface area contributed by atoms with Crippen LogP contribution in [-0.2, 0) is 0 Å². The Morgan fingerprint density at radius 1 is 1.53 bits per heavy atom. The lowest BCUT2D eigenvalue weighted by atomic mass is 10.2. The molecule has 84 valence electrons. The Balaban J connectivity index is 2.55. The van der Waals surface area contributed by atoms with Crippen LogP contribution in [0, 0.1) is 6.92 Å². The van der Waals surface area contributed by atoms with E-state index in [9.17, 15) is 4.79 Å². The topological polar surface area (TPSA) is 88.8 Å². The largest absolute Gasteiger partial charge is 0.269 e. The quantitative estimate of drug-likeness (QED) is 0.646. The van der Waals surface area contributed by atoms with Gasteiger partial charge in [-0.05, 0) is 23.7 Å². The number of H-pyrrole nitrogens is 1. The minimum Gasteiger partial charge on any atom is -0.268 e. The number of rotatable bonds is 1. The summed E-state index contributed by atoms with van der Waals surface area (Å²) in [5.74, 6) is -0.106. The van der Waals surface area contributed by atoms with Crippen molar-refractivity contribution in [3.8, 4) is 11.4 Å². The second-order valence-electron chi connectivity index (χ2n) is 3.28. The Morgan fingerprint density at radius 3 is 3.18 bits per heavy atom. The van der Waals surface area contributed by atoms with Gasteiger partial charge in [-0.1, -0.05) is 6.04 Å². The lowest BCUT2D eigenvalue weighted by Crippen LogP contribution is -2.17. The van der Waals surface area contributed by atoms with Crippen molar-refractivity contribution in [3.05, 3.63) is 40.3 Å². The van der Waals surface area contributed by atoms with Crippen molar-refractivity contribution >= 4 is 5.65 Å². The summed E-state index contributed by atoms with van der Waals surface area (Å²) in [6.45, 7) is 1.51. The number of hydrogen-bond acceptors (Lipinski definition) is 5. The average molecular weight is 232 g/mol. The molecule has 0 saturated carbocycles. The number of hydrogen-bond donors (Lipinski definition) is 1. The third-order valence-electron chi connectivity index (χ3n) is 2.22. The molecule has 3 aromatic heterocycles. The zero-order valence-corrected chi connectivity index (χ0v) is 8.64. The number of aromatic amines is 1. The molecule has 0 bridgehead atoms. The summed E-state index contributed by atoms with van der Waals surface area (Å²) in [7, 11) is 0. The van der Waals surface area contributed by atoms with Crippen LogP contribution in [0.4, 0.5) is 0 Å². The normalized spacial score (nSPS) is 14.2. The molecule has 0 aromatic carbocycles. The SMILES string of the molecule is [2H]c1nc2c(C)c([2H])c([2H])c([2H])n2c(=O)c1-c1nn[nH]n1. The van der Waals surface area contributed by atoms with E-state index < -0.39 is 11.7 Å². The number of aryl methyl sites for hydroxylation is 1. The number of pyridine rings is 1. The van der Waals surface area contributed by atoms with Crippen molar-refractivity contribution in [3.63, 3.8) is 0 Å². The Kier molecular flexibility index (Phi) is 1.28. The van der Waals surface area contributed by atoms with E-state index in [0.29, 0.717) is 0 Å². The maximum absolute atomic E-state index is 12.5. The molecule has 0 aliphatic heterocycles. The highest BCUT2D eigenvalue weighted by Crippen LogP contribution is 2.09. The van der Waals surface area contributed by atoms with Crippen LogP contribution >= 0.6 is 0 Å². The molecule has 17 heavy (non-hydrogen) atoms. The molecule has 3 aromatic rings. The molecule has 0 atom stereocenters. The Bertz CT molecular complexity index is 920. The molecule has 3 rings (SSSR count). The summed E-state index contributed by atoms with van der Waals surface area (Å²) in [5, 5.41) is 12.8. The molecule has 1 N–H and O–H groups in total. The predicted octanol–water partition coefficient (Wildman–Crippen LogP) is 0.183. The van der Waals surface area contributed by atoms with E-state index in [1.54, 1.807) is 0 Å². The van der Waals surface area contributed by atoms with Crippen LogP contribution in [0.2, 0.25) is 0 Å². The summed E-state index contributed by atoms with van der Waals surface area (Å²) >= 11 is 0. The molecule has 7 nitrogen and oxygen atoms in total. The molecule has 0 aliphatic rings. The number of nitrogens with one attached hydrogen (secondary N) is 1. The number of aromatic nitrogens is 6. The molecular formula is C10H8N6O. The molecule has 0 amide bonds. The molecule has 0 saturated heterocycles. The minimum atomic E-state index is -0.743. The van der Waals surface area contributed by atoms with Gasteiger partial charge >= 0.3 is 0 Å². The number of tetrazole rings is 1. The Hall–Kier alpha value is -2.57. The fourth-order valence-electron chi connectivity index (χ4n) is 1.42. The van der Waals surface area contributed by atoms with Crippen LogP contribution in [0.25, 0.3) is 17.0 Å². The molecule has 7 heteroatoms. The van der Waals surface area contributed by atoms with Crippen molar-refractivity contribution in [2.45, 2.75) is 6.92 Å². The Labute approximate surface area is 101 Å². The summed E-state index contributed by atoms with van der Waals surface area (Å²) in [4.78, 5) is 16.4. The summed E-state index contributed by atoms with van der Waals surface area (Å²) in [6.07, 6.45) is -0.844. The molecule has 0 radical (unpaired) electrons. The zero-order chi connectivity index (χ0) is 15.3. The van der Waals surface area contributed by atoms with Gasteiger partial charge in [-0.25, -0.2) is 4.98 Å². The third kappa shape index (κ3) is 1.40. The van der Waals surface area contributed by atoms with Gasteiger partial charge in [0.05, 0.1) is 5.48 Å². The van der Waals surface area contributed by atoms with E-state index >= 15 is 0 Å². The molecule has 3 heterocycles. The van der Waals surface area contributed by atoms with E-state index in [1.165, 1.54) is 6.92 Å². The van der Waals surface area contributed by atoms with Crippen molar-refractivity contribution in [2.75, 3.05) is 0 Å².